The molecule has 0 amide bonds. The van der Waals surface area contributed by atoms with Gasteiger partial charge in [-0.2, -0.15) is 4.98 Å². The summed E-state index contributed by atoms with van der Waals surface area (Å²) in [4.78, 5) is 21.6. The average molecular weight is 437 g/mol. The number of likely N-dealkylation sites (N-methyl/N-ethyl adjacent to an activating group) is 2. The van der Waals surface area contributed by atoms with Gasteiger partial charge < -0.3 is 9.80 Å². The Kier molecular flexibility index (Phi) is 8.55. The van der Waals surface area contributed by atoms with E-state index in [1.807, 2.05) is 28.4 Å². The standard InChI is InChI=1S/C24H32N6S/c1-5-13-30(14-6-2)24-26-19-25-23(27-24)29(8-4)16-15-28(7-3)18-21-17-20-11-9-10-12-22(20)31-21/h5-6,9-12,17,19H,1-2,7-8,13-16,18H2,3-4H3. The maximum absolute atomic E-state index is 4.72. The molecule has 0 saturated carbocycles. The van der Waals surface area contributed by atoms with Crippen LogP contribution in [-0.4, -0.2) is 59.1 Å². The van der Waals surface area contributed by atoms with Crippen molar-refractivity contribution in [2.24, 2.45) is 0 Å². The Morgan fingerprint density at radius 3 is 2.29 bits per heavy atom. The number of rotatable bonds is 13. The highest BCUT2D eigenvalue weighted by Gasteiger charge is 2.14. The lowest BCUT2D eigenvalue weighted by Gasteiger charge is -2.27. The highest BCUT2D eigenvalue weighted by Crippen LogP contribution is 2.26. The average Bonchev–Trinajstić information content (AvgIpc) is 3.21. The normalized spacial score (nSPS) is 11.1. The zero-order chi connectivity index (χ0) is 22.1. The van der Waals surface area contributed by atoms with E-state index in [-0.39, 0.29) is 0 Å². The van der Waals surface area contributed by atoms with E-state index in [2.05, 4.69) is 77.1 Å². The summed E-state index contributed by atoms with van der Waals surface area (Å²) < 4.78 is 1.35. The predicted molar refractivity (Wildman–Crippen MR) is 133 cm³/mol. The van der Waals surface area contributed by atoms with E-state index in [4.69, 9.17) is 4.98 Å². The number of anilines is 2. The Labute approximate surface area is 189 Å². The highest BCUT2D eigenvalue weighted by atomic mass is 32.1. The molecule has 0 bridgehead atoms. The summed E-state index contributed by atoms with van der Waals surface area (Å²) in [7, 11) is 0. The number of hydrogen-bond acceptors (Lipinski definition) is 7. The van der Waals surface area contributed by atoms with Crippen LogP contribution in [0.3, 0.4) is 0 Å². The summed E-state index contributed by atoms with van der Waals surface area (Å²) in [6.45, 7) is 17.9. The van der Waals surface area contributed by atoms with Crippen LogP contribution >= 0.6 is 11.3 Å². The predicted octanol–water partition coefficient (Wildman–Crippen LogP) is 4.61. The molecule has 3 rings (SSSR count). The molecule has 164 valence electrons. The van der Waals surface area contributed by atoms with E-state index in [0.717, 1.165) is 32.7 Å². The molecule has 7 heteroatoms. The van der Waals surface area contributed by atoms with E-state index in [9.17, 15) is 0 Å². The Balaban J connectivity index is 1.66. The van der Waals surface area contributed by atoms with Gasteiger partial charge >= 0.3 is 0 Å². The number of benzene rings is 1. The lowest BCUT2D eigenvalue weighted by atomic mass is 10.2. The second-order valence-corrected chi connectivity index (χ2v) is 8.44. The van der Waals surface area contributed by atoms with Gasteiger partial charge in [0.1, 0.15) is 6.33 Å². The van der Waals surface area contributed by atoms with Gasteiger partial charge in [0.2, 0.25) is 11.9 Å². The van der Waals surface area contributed by atoms with Gasteiger partial charge in [0.15, 0.2) is 0 Å². The molecule has 0 spiro atoms. The molecule has 0 N–H and O–H groups in total. The fourth-order valence-electron chi connectivity index (χ4n) is 3.48. The molecular formula is C24H32N6S. The topological polar surface area (TPSA) is 48.4 Å². The summed E-state index contributed by atoms with van der Waals surface area (Å²) in [5.41, 5.74) is 0. The van der Waals surface area contributed by atoms with Crippen molar-refractivity contribution >= 4 is 33.3 Å². The fraction of sp³-hybridized carbons (Fsp3) is 0.375. The van der Waals surface area contributed by atoms with Crippen molar-refractivity contribution in [1.82, 2.24) is 19.9 Å². The van der Waals surface area contributed by atoms with Crippen LogP contribution in [0.5, 0.6) is 0 Å². The van der Waals surface area contributed by atoms with Crippen LogP contribution in [0.4, 0.5) is 11.9 Å². The summed E-state index contributed by atoms with van der Waals surface area (Å²) in [5.74, 6) is 1.37. The quantitative estimate of drug-likeness (QED) is 0.365. The molecule has 0 saturated heterocycles. The summed E-state index contributed by atoms with van der Waals surface area (Å²) in [5, 5.41) is 1.33. The number of hydrogen-bond donors (Lipinski definition) is 0. The van der Waals surface area contributed by atoms with Crippen molar-refractivity contribution in [3.63, 3.8) is 0 Å². The van der Waals surface area contributed by atoms with Gasteiger partial charge in [-0.1, -0.05) is 37.3 Å². The Morgan fingerprint density at radius 2 is 1.65 bits per heavy atom. The maximum atomic E-state index is 4.72. The first-order chi connectivity index (χ1) is 15.2. The molecule has 0 atom stereocenters. The number of thiophene rings is 1. The first-order valence-electron chi connectivity index (χ1n) is 10.8. The molecule has 0 aliphatic carbocycles. The molecule has 2 aromatic heterocycles. The van der Waals surface area contributed by atoms with Crippen LogP contribution in [0.1, 0.15) is 18.7 Å². The summed E-state index contributed by atoms with van der Waals surface area (Å²) in [6.07, 6.45) is 5.28. The van der Waals surface area contributed by atoms with Crippen molar-refractivity contribution in [1.29, 1.82) is 0 Å². The summed E-state index contributed by atoms with van der Waals surface area (Å²) in [6, 6.07) is 10.9. The second-order valence-electron chi connectivity index (χ2n) is 7.27. The van der Waals surface area contributed by atoms with Crippen molar-refractivity contribution in [3.8, 4) is 0 Å². The lowest BCUT2D eigenvalue weighted by molar-refractivity contribution is 0.288. The Bertz CT molecular complexity index is 942. The third kappa shape index (κ3) is 6.12. The monoisotopic (exact) mass is 436 g/mol. The van der Waals surface area contributed by atoms with E-state index < -0.39 is 0 Å². The van der Waals surface area contributed by atoms with Crippen molar-refractivity contribution < 1.29 is 0 Å². The SMILES string of the molecule is C=CCN(CC=C)c1ncnc(N(CC)CCN(CC)Cc2cc3ccccc3s2)n1. The largest absolute Gasteiger partial charge is 0.340 e. The molecule has 0 aliphatic rings. The third-order valence-corrected chi connectivity index (χ3v) is 6.28. The van der Waals surface area contributed by atoms with E-state index in [1.54, 1.807) is 6.33 Å². The first-order valence-corrected chi connectivity index (χ1v) is 11.6. The number of nitrogens with zero attached hydrogens (tertiary/aromatic N) is 6. The van der Waals surface area contributed by atoms with Gasteiger partial charge in [0.25, 0.3) is 0 Å². The van der Waals surface area contributed by atoms with Crippen LogP contribution in [-0.2, 0) is 6.54 Å². The molecule has 0 aliphatic heterocycles. The minimum absolute atomic E-state index is 0.654. The Morgan fingerprint density at radius 1 is 0.935 bits per heavy atom. The maximum Gasteiger partial charge on any atom is 0.230 e. The van der Waals surface area contributed by atoms with E-state index in [0.29, 0.717) is 25.0 Å². The second kappa shape index (κ2) is 11.6. The van der Waals surface area contributed by atoms with Crippen LogP contribution in [0.2, 0.25) is 0 Å². The zero-order valence-corrected chi connectivity index (χ0v) is 19.4. The minimum atomic E-state index is 0.654. The molecule has 2 heterocycles. The first kappa shape index (κ1) is 22.9. The lowest BCUT2D eigenvalue weighted by Crippen LogP contribution is -2.36. The number of fused-ring (bicyclic) bond motifs is 1. The van der Waals surface area contributed by atoms with Crippen LogP contribution < -0.4 is 9.80 Å². The van der Waals surface area contributed by atoms with Gasteiger partial charge in [0, 0.05) is 48.8 Å². The minimum Gasteiger partial charge on any atom is -0.340 e. The Hall–Kier alpha value is -2.77. The molecule has 3 aromatic rings. The molecule has 0 radical (unpaired) electrons. The van der Waals surface area contributed by atoms with Crippen LogP contribution in [0.15, 0.2) is 62.0 Å². The van der Waals surface area contributed by atoms with Crippen LogP contribution in [0.25, 0.3) is 10.1 Å². The van der Waals surface area contributed by atoms with Crippen molar-refractivity contribution in [2.75, 3.05) is 49.1 Å². The smallest absolute Gasteiger partial charge is 0.230 e. The molecule has 1 aromatic carbocycles. The van der Waals surface area contributed by atoms with Gasteiger partial charge in [-0.3, -0.25) is 4.90 Å². The van der Waals surface area contributed by atoms with Crippen molar-refractivity contribution in [2.45, 2.75) is 20.4 Å². The van der Waals surface area contributed by atoms with Crippen LogP contribution in [0, 0.1) is 0 Å². The zero-order valence-electron chi connectivity index (χ0n) is 18.6. The molecule has 6 nitrogen and oxygen atoms in total. The van der Waals surface area contributed by atoms with Gasteiger partial charge in [0.05, 0.1) is 0 Å². The fourth-order valence-corrected chi connectivity index (χ4v) is 4.59. The van der Waals surface area contributed by atoms with Gasteiger partial charge in [-0.25, -0.2) is 9.97 Å². The molecule has 31 heavy (non-hydrogen) atoms. The molecule has 0 unspecified atom stereocenters. The molecule has 0 fully saturated rings. The van der Waals surface area contributed by atoms with Gasteiger partial charge in [-0.15, -0.1) is 24.5 Å². The highest BCUT2D eigenvalue weighted by molar-refractivity contribution is 7.19. The third-order valence-electron chi connectivity index (χ3n) is 5.18. The summed E-state index contributed by atoms with van der Waals surface area (Å²) >= 11 is 1.88. The van der Waals surface area contributed by atoms with E-state index in [1.165, 1.54) is 15.0 Å². The molecular weight excluding hydrogens is 404 g/mol. The number of aromatic nitrogens is 3. The van der Waals surface area contributed by atoms with Gasteiger partial charge in [-0.05, 0) is 31.0 Å². The van der Waals surface area contributed by atoms with Crippen molar-refractivity contribution in [3.05, 3.63) is 66.8 Å². The van der Waals surface area contributed by atoms with E-state index >= 15 is 0 Å².